The second kappa shape index (κ2) is 3.72. The molecule has 1 heterocycles. The Morgan fingerprint density at radius 3 is 2.00 bits per heavy atom. The standard InChI is InChI=1S/C9H19N2.Li/c1-8(2)6-5-7-11(10)9(8,3)4;/h10H,5-7H2,1-4H3;/q-1;+1. The molecular formula is C9H19LiN2. The minimum absolute atomic E-state index is 0. The van der Waals surface area contributed by atoms with Crippen molar-refractivity contribution in [1.29, 1.82) is 0 Å². The quantitative estimate of drug-likeness (QED) is 0.455. The molecule has 1 aliphatic rings. The van der Waals surface area contributed by atoms with Gasteiger partial charge in [-0.2, -0.15) is 0 Å². The third-order valence-corrected chi connectivity index (χ3v) is 3.51. The van der Waals surface area contributed by atoms with Gasteiger partial charge in [0.05, 0.1) is 0 Å². The number of piperidine rings is 1. The van der Waals surface area contributed by atoms with Gasteiger partial charge in [-0.05, 0) is 38.6 Å². The first-order valence-electron chi connectivity index (χ1n) is 4.37. The molecule has 0 bridgehead atoms. The van der Waals surface area contributed by atoms with Crippen LogP contribution < -0.4 is 18.9 Å². The zero-order valence-corrected chi connectivity index (χ0v) is 9.07. The maximum atomic E-state index is 7.76. The van der Waals surface area contributed by atoms with Crippen molar-refractivity contribution in [3.8, 4) is 0 Å². The largest absolute Gasteiger partial charge is 1.00 e. The van der Waals surface area contributed by atoms with Gasteiger partial charge in [0.2, 0.25) is 0 Å². The van der Waals surface area contributed by atoms with Gasteiger partial charge in [0.25, 0.3) is 0 Å². The third kappa shape index (κ3) is 1.88. The minimum Gasteiger partial charge on any atom is -0.609 e. The van der Waals surface area contributed by atoms with Gasteiger partial charge in [0.15, 0.2) is 0 Å². The van der Waals surface area contributed by atoms with Crippen LogP contribution >= 0.6 is 0 Å². The van der Waals surface area contributed by atoms with Crippen LogP contribution in [0.25, 0.3) is 5.84 Å². The molecule has 0 aromatic rings. The first-order valence-corrected chi connectivity index (χ1v) is 4.37. The Labute approximate surface area is 88.0 Å². The minimum atomic E-state index is 0. The van der Waals surface area contributed by atoms with Crippen molar-refractivity contribution in [2.75, 3.05) is 6.54 Å². The molecule has 0 atom stereocenters. The normalized spacial score (nSPS) is 27.8. The van der Waals surface area contributed by atoms with E-state index in [1.165, 1.54) is 12.8 Å². The van der Waals surface area contributed by atoms with E-state index in [0.717, 1.165) is 6.54 Å². The summed E-state index contributed by atoms with van der Waals surface area (Å²) in [5.41, 5.74) is 0.318. The van der Waals surface area contributed by atoms with Gasteiger partial charge in [-0.1, -0.05) is 13.8 Å². The third-order valence-electron chi connectivity index (χ3n) is 3.51. The van der Waals surface area contributed by atoms with Crippen LogP contribution in [0.1, 0.15) is 40.5 Å². The van der Waals surface area contributed by atoms with Gasteiger partial charge in [0.1, 0.15) is 0 Å². The summed E-state index contributed by atoms with van der Waals surface area (Å²) in [4.78, 5) is 0. The van der Waals surface area contributed by atoms with Crippen LogP contribution in [0.3, 0.4) is 0 Å². The fraction of sp³-hybridized carbons (Fsp3) is 1.00. The van der Waals surface area contributed by atoms with Crippen molar-refractivity contribution >= 4 is 0 Å². The Morgan fingerprint density at radius 2 is 1.67 bits per heavy atom. The van der Waals surface area contributed by atoms with E-state index in [-0.39, 0.29) is 29.8 Å². The number of hydrogen-bond acceptors (Lipinski definition) is 1. The summed E-state index contributed by atoms with van der Waals surface area (Å²) >= 11 is 0. The van der Waals surface area contributed by atoms with Crippen LogP contribution in [0.15, 0.2) is 0 Å². The van der Waals surface area contributed by atoms with E-state index in [1.54, 1.807) is 5.01 Å². The second-order valence-electron chi connectivity index (χ2n) is 4.70. The summed E-state index contributed by atoms with van der Waals surface area (Å²) in [5, 5.41) is 1.73. The molecule has 0 unspecified atom stereocenters. The van der Waals surface area contributed by atoms with Crippen LogP contribution in [0.2, 0.25) is 0 Å². The molecule has 0 aliphatic carbocycles. The van der Waals surface area contributed by atoms with E-state index in [9.17, 15) is 0 Å². The first kappa shape index (κ1) is 12.5. The van der Waals surface area contributed by atoms with E-state index < -0.39 is 0 Å². The Kier molecular flexibility index (Phi) is 3.88. The van der Waals surface area contributed by atoms with Gasteiger partial charge in [-0.3, -0.25) is 0 Å². The fourth-order valence-corrected chi connectivity index (χ4v) is 1.63. The molecule has 1 fully saturated rings. The number of nitrogens with zero attached hydrogens (tertiary/aromatic N) is 1. The molecule has 1 N–H and O–H groups in total. The first-order chi connectivity index (χ1) is 4.88. The molecule has 12 heavy (non-hydrogen) atoms. The molecule has 3 heteroatoms. The molecule has 0 saturated carbocycles. The van der Waals surface area contributed by atoms with E-state index in [2.05, 4.69) is 27.7 Å². The Morgan fingerprint density at radius 1 is 1.17 bits per heavy atom. The van der Waals surface area contributed by atoms with Crippen molar-refractivity contribution in [2.45, 2.75) is 46.1 Å². The molecule has 0 amide bonds. The number of nitrogens with one attached hydrogen (secondary N) is 1. The van der Waals surface area contributed by atoms with Gasteiger partial charge in [0, 0.05) is 5.54 Å². The summed E-state index contributed by atoms with van der Waals surface area (Å²) < 4.78 is 0. The maximum absolute atomic E-state index is 7.76. The van der Waals surface area contributed by atoms with E-state index in [0.29, 0.717) is 0 Å². The predicted octanol–water partition coefficient (Wildman–Crippen LogP) is -0.142. The van der Waals surface area contributed by atoms with Crippen LogP contribution in [0.4, 0.5) is 0 Å². The maximum Gasteiger partial charge on any atom is 1.00 e. The zero-order chi connectivity index (χ0) is 8.70. The van der Waals surface area contributed by atoms with Crippen LogP contribution in [0, 0.1) is 5.41 Å². The van der Waals surface area contributed by atoms with Crippen LogP contribution in [0.5, 0.6) is 0 Å². The van der Waals surface area contributed by atoms with Crippen LogP contribution in [-0.4, -0.2) is 17.1 Å². The molecule has 0 aromatic carbocycles. The zero-order valence-electron chi connectivity index (χ0n) is 9.07. The Hall–Kier alpha value is 0.517. The average Bonchev–Trinajstić information content (AvgIpc) is 1.84. The Balaban J connectivity index is 0.00000121. The summed E-state index contributed by atoms with van der Waals surface area (Å²) in [6.07, 6.45) is 2.41. The molecule has 66 valence electrons. The van der Waals surface area contributed by atoms with Crippen molar-refractivity contribution in [3.05, 3.63) is 5.84 Å². The fourth-order valence-electron chi connectivity index (χ4n) is 1.63. The second-order valence-corrected chi connectivity index (χ2v) is 4.70. The predicted molar refractivity (Wildman–Crippen MR) is 48.1 cm³/mol. The van der Waals surface area contributed by atoms with Gasteiger partial charge < -0.3 is 10.9 Å². The monoisotopic (exact) mass is 162 g/mol. The Bertz CT molecular complexity index is 155. The van der Waals surface area contributed by atoms with Crippen molar-refractivity contribution in [3.63, 3.8) is 0 Å². The van der Waals surface area contributed by atoms with E-state index in [1.807, 2.05) is 0 Å². The van der Waals surface area contributed by atoms with Gasteiger partial charge in [-0.15, -0.1) is 0 Å². The van der Waals surface area contributed by atoms with Crippen molar-refractivity contribution in [2.24, 2.45) is 5.41 Å². The number of rotatable bonds is 0. The molecule has 1 saturated heterocycles. The molecule has 0 spiro atoms. The molecule has 0 aromatic heterocycles. The SMILES string of the molecule is CC1(C)CCCN([NH-])C1(C)C.[Li+]. The topological polar surface area (TPSA) is 27.0 Å². The van der Waals surface area contributed by atoms with Crippen molar-refractivity contribution < 1.29 is 18.9 Å². The molecular weight excluding hydrogens is 143 g/mol. The summed E-state index contributed by atoms with van der Waals surface area (Å²) in [6.45, 7) is 9.77. The summed E-state index contributed by atoms with van der Waals surface area (Å²) in [7, 11) is 0. The number of hydrogen-bond donors (Lipinski definition) is 0. The average molecular weight is 162 g/mol. The smallest absolute Gasteiger partial charge is 0.609 e. The van der Waals surface area contributed by atoms with Crippen LogP contribution in [-0.2, 0) is 0 Å². The van der Waals surface area contributed by atoms with E-state index >= 15 is 0 Å². The van der Waals surface area contributed by atoms with Crippen molar-refractivity contribution in [1.82, 2.24) is 5.01 Å². The summed E-state index contributed by atoms with van der Waals surface area (Å²) in [6, 6.07) is 0. The van der Waals surface area contributed by atoms with Gasteiger partial charge in [-0.25, -0.2) is 0 Å². The summed E-state index contributed by atoms with van der Waals surface area (Å²) in [5.74, 6) is 7.76. The molecule has 1 rings (SSSR count). The van der Waals surface area contributed by atoms with E-state index in [4.69, 9.17) is 5.84 Å². The molecule has 1 aliphatic heterocycles. The molecule has 2 nitrogen and oxygen atoms in total. The molecule has 0 radical (unpaired) electrons. The van der Waals surface area contributed by atoms with Gasteiger partial charge >= 0.3 is 18.9 Å².